The lowest BCUT2D eigenvalue weighted by atomic mass is 10.2. The predicted octanol–water partition coefficient (Wildman–Crippen LogP) is 0.401. The molecule has 0 amide bonds. The van der Waals surface area contributed by atoms with Crippen molar-refractivity contribution in [2.24, 2.45) is 11.7 Å². The van der Waals surface area contributed by atoms with E-state index in [1.807, 2.05) is 10.7 Å². The Morgan fingerprint density at radius 1 is 1.57 bits per heavy atom. The van der Waals surface area contributed by atoms with Crippen molar-refractivity contribution in [3.8, 4) is 0 Å². The summed E-state index contributed by atoms with van der Waals surface area (Å²) in [6.45, 7) is 5.47. The van der Waals surface area contributed by atoms with Gasteiger partial charge in [-0.15, -0.1) is 0 Å². The predicted molar refractivity (Wildman–Crippen MR) is 55.8 cm³/mol. The Hall–Kier alpha value is -0.870. The van der Waals surface area contributed by atoms with E-state index in [0.29, 0.717) is 18.9 Å². The number of hydrogen-bond donors (Lipinski definition) is 2. The lowest BCUT2D eigenvalue weighted by Gasteiger charge is -2.12. The van der Waals surface area contributed by atoms with Crippen LogP contribution in [0.5, 0.6) is 0 Å². The molecule has 1 heterocycles. The Labute approximate surface area is 84.7 Å². The molecule has 3 N–H and O–H groups in total. The van der Waals surface area contributed by atoms with E-state index >= 15 is 0 Å². The Kier molecular flexibility index (Phi) is 4.10. The van der Waals surface area contributed by atoms with Gasteiger partial charge in [-0.2, -0.15) is 5.10 Å². The van der Waals surface area contributed by atoms with Crippen LogP contribution in [0.4, 0.5) is 0 Å². The molecule has 1 rings (SSSR count). The average Bonchev–Trinajstić information content (AvgIpc) is 2.52. The van der Waals surface area contributed by atoms with Crippen molar-refractivity contribution in [2.45, 2.75) is 32.9 Å². The van der Waals surface area contributed by atoms with E-state index in [-0.39, 0.29) is 0 Å². The van der Waals surface area contributed by atoms with Crippen LogP contribution >= 0.6 is 0 Å². The standard InChI is InChI=1S/C10H19N3O/c1-8(2)7-13-9(3-4-12-13)5-10(14)6-11/h3-4,8,10,14H,5-7,11H2,1-2H3. The second kappa shape index (κ2) is 5.12. The van der Waals surface area contributed by atoms with Gasteiger partial charge in [0, 0.05) is 31.4 Å². The van der Waals surface area contributed by atoms with E-state index in [9.17, 15) is 5.11 Å². The summed E-state index contributed by atoms with van der Waals surface area (Å²) >= 11 is 0. The van der Waals surface area contributed by atoms with E-state index in [1.54, 1.807) is 6.20 Å². The van der Waals surface area contributed by atoms with Crippen molar-refractivity contribution in [1.82, 2.24) is 9.78 Å². The van der Waals surface area contributed by atoms with Gasteiger partial charge < -0.3 is 10.8 Å². The molecule has 0 radical (unpaired) electrons. The number of nitrogens with two attached hydrogens (primary N) is 1. The summed E-state index contributed by atoms with van der Waals surface area (Å²) in [5.74, 6) is 0.559. The molecule has 0 bridgehead atoms. The largest absolute Gasteiger partial charge is 0.391 e. The van der Waals surface area contributed by atoms with E-state index in [0.717, 1.165) is 12.2 Å². The molecule has 1 aromatic rings. The second-order valence-corrected chi connectivity index (χ2v) is 3.99. The van der Waals surface area contributed by atoms with Gasteiger partial charge in [0.05, 0.1) is 6.10 Å². The maximum absolute atomic E-state index is 9.42. The molecule has 0 aliphatic rings. The molecule has 0 aromatic carbocycles. The van der Waals surface area contributed by atoms with Gasteiger partial charge in [0.25, 0.3) is 0 Å². The van der Waals surface area contributed by atoms with Gasteiger partial charge in [-0.25, -0.2) is 0 Å². The quantitative estimate of drug-likeness (QED) is 0.718. The first-order chi connectivity index (χ1) is 6.63. The molecule has 4 nitrogen and oxygen atoms in total. The number of aliphatic hydroxyl groups excluding tert-OH is 1. The van der Waals surface area contributed by atoms with E-state index in [4.69, 9.17) is 5.73 Å². The zero-order chi connectivity index (χ0) is 10.6. The fourth-order valence-electron chi connectivity index (χ4n) is 1.37. The molecular weight excluding hydrogens is 178 g/mol. The van der Waals surface area contributed by atoms with Crippen LogP contribution in [0.25, 0.3) is 0 Å². The highest BCUT2D eigenvalue weighted by Crippen LogP contribution is 2.06. The van der Waals surface area contributed by atoms with Gasteiger partial charge in [-0.05, 0) is 12.0 Å². The zero-order valence-corrected chi connectivity index (χ0v) is 8.85. The first-order valence-corrected chi connectivity index (χ1v) is 5.02. The maximum Gasteiger partial charge on any atom is 0.0717 e. The molecule has 0 saturated heterocycles. The van der Waals surface area contributed by atoms with Crippen LogP contribution in [0.2, 0.25) is 0 Å². The lowest BCUT2D eigenvalue weighted by molar-refractivity contribution is 0.180. The molecule has 0 spiro atoms. The fourth-order valence-corrected chi connectivity index (χ4v) is 1.37. The van der Waals surface area contributed by atoms with E-state index in [2.05, 4.69) is 18.9 Å². The molecule has 0 fully saturated rings. The summed E-state index contributed by atoms with van der Waals surface area (Å²) in [5.41, 5.74) is 6.41. The first kappa shape index (κ1) is 11.2. The van der Waals surface area contributed by atoms with Crippen LogP contribution in [-0.2, 0) is 13.0 Å². The van der Waals surface area contributed by atoms with Crippen molar-refractivity contribution in [3.63, 3.8) is 0 Å². The van der Waals surface area contributed by atoms with Gasteiger partial charge in [0.15, 0.2) is 0 Å². The minimum atomic E-state index is -0.461. The van der Waals surface area contributed by atoms with Crippen LogP contribution in [0, 0.1) is 5.92 Å². The summed E-state index contributed by atoms with van der Waals surface area (Å²) in [6.07, 6.45) is 1.89. The highest BCUT2D eigenvalue weighted by molar-refractivity contribution is 5.02. The van der Waals surface area contributed by atoms with Gasteiger partial charge in [-0.1, -0.05) is 13.8 Å². The van der Waals surface area contributed by atoms with Crippen LogP contribution in [0.3, 0.4) is 0 Å². The van der Waals surface area contributed by atoms with Gasteiger partial charge in [0.2, 0.25) is 0 Å². The molecule has 0 aliphatic carbocycles. The number of hydrogen-bond acceptors (Lipinski definition) is 3. The molecule has 4 heteroatoms. The molecule has 1 unspecified atom stereocenters. The van der Waals surface area contributed by atoms with Crippen LogP contribution in [0.15, 0.2) is 12.3 Å². The summed E-state index contributed by atoms with van der Waals surface area (Å²) < 4.78 is 1.93. The third kappa shape index (κ3) is 3.12. The molecule has 1 atom stereocenters. The summed E-state index contributed by atoms with van der Waals surface area (Å²) in [5, 5.41) is 13.6. The number of aromatic nitrogens is 2. The van der Waals surface area contributed by atoms with Crippen LogP contribution in [0.1, 0.15) is 19.5 Å². The van der Waals surface area contributed by atoms with Crippen molar-refractivity contribution < 1.29 is 5.11 Å². The summed E-state index contributed by atoms with van der Waals surface area (Å²) in [6, 6.07) is 1.93. The number of aliphatic hydroxyl groups is 1. The minimum Gasteiger partial charge on any atom is -0.391 e. The highest BCUT2D eigenvalue weighted by Gasteiger charge is 2.08. The Bertz CT molecular complexity index is 270. The van der Waals surface area contributed by atoms with Gasteiger partial charge in [-0.3, -0.25) is 4.68 Å². The monoisotopic (exact) mass is 197 g/mol. The summed E-state index contributed by atoms with van der Waals surface area (Å²) in [4.78, 5) is 0. The van der Waals surface area contributed by atoms with Crippen molar-refractivity contribution >= 4 is 0 Å². The highest BCUT2D eigenvalue weighted by atomic mass is 16.3. The SMILES string of the molecule is CC(C)Cn1nccc1CC(O)CN. The fraction of sp³-hybridized carbons (Fsp3) is 0.700. The molecule has 0 saturated carbocycles. The minimum absolute atomic E-state index is 0.298. The number of nitrogens with zero attached hydrogens (tertiary/aromatic N) is 2. The number of rotatable bonds is 5. The lowest BCUT2D eigenvalue weighted by Crippen LogP contribution is -2.24. The topological polar surface area (TPSA) is 64.1 Å². The smallest absolute Gasteiger partial charge is 0.0717 e. The normalized spacial score (nSPS) is 13.5. The van der Waals surface area contributed by atoms with Crippen molar-refractivity contribution in [3.05, 3.63) is 18.0 Å². The Morgan fingerprint density at radius 3 is 2.86 bits per heavy atom. The molecule has 1 aromatic heterocycles. The molecule has 0 aliphatic heterocycles. The second-order valence-electron chi connectivity index (χ2n) is 3.99. The zero-order valence-electron chi connectivity index (χ0n) is 8.85. The third-order valence-electron chi connectivity index (χ3n) is 2.06. The van der Waals surface area contributed by atoms with E-state index < -0.39 is 6.10 Å². The van der Waals surface area contributed by atoms with Crippen molar-refractivity contribution in [2.75, 3.05) is 6.54 Å². The van der Waals surface area contributed by atoms with Crippen molar-refractivity contribution in [1.29, 1.82) is 0 Å². The molecule has 80 valence electrons. The summed E-state index contributed by atoms with van der Waals surface area (Å²) in [7, 11) is 0. The Balaban J connectivity index is 2.62. The maximum atomic E-state index is 9.42. The third-order valence-corrected chi connectivity index (χ3v) is 2.06. The van der Waals surface area contributed by atoms with Crippen LogP contribution in [-0.4, -0.2) is 27.5 Å². The Morgan fingerprint density at radius 2 is 2.29 bits per heavy atom. The van der Waals surface area contributed by atoms with Gasteiger partial charge in [0.1, 0.15) is 0 Å². The van der Waals surface area contributed by atoms with Crippen LogP contribution < -0.4 is 5.73 Å². The molecular formula is C10H19N3O. The average molecular weight is 197 g/mol. The first-order valence-electron chi connectivity index (χ1n) is 5.02. The molecule has 14 heavy (non-hydrogen) atoms. The van der Waals surface area contributed by atoms with E-state index in [1.165, 1.54) is 0 Å². The van der Waals surface area contributed by atoms with Gasteiger partial charge >= 0.3 is 0 Å².